The van der Waals surface area contributed by atoms with Gasteiger partial charge < -0.3 is 14.5 Å². The molecule has 9 heteroatoms. The number of rotatable bonds is 7. The maximum atomic E-state index is 12.9. The van der Waals surface area contributed by atoms with Crippen LogP contribution in [0.2, 0.25) is 0 Å². The van der Waals surface area contributed by atoms with Gasteiger partial charge in [-0.2, -0.15) is 13.2 Å². The zero-order valence-electron chi connectivity index (χ0n) is 20.3. The van der Waals surface area contributed by atoms with Crippen LogP contribution in [0.3, 0.4) is 0 Å². The van der Waals surface area contributed by atoms with Crippen LogP contribution in [0.4, 0.5) is 24.0 Å². The van der Waals surface area contributed by atoms with Gasteiger partial charge >= 0.3 is 6.18 Å². The molecule has 0 aliphatic rings. The number of halogens is 3. The summed E-state index contributed by atoms with van der Waals surface area (Å²) >= 11 is 1.31. The van der Waals surface area contributed by atoms with Crippen molar-refractivity contribution in [3.05, 3.63) is 53.5 Å². The van der Waals surface area contributed by atoms with Gasteiger partial charge in [0.05, 0.1) is 32.4 Å². The van der Waals surface area contributed by atoms with Crippen LogP contribution in [0.1, 0.15) is 33.3 Å². The number of hydrogen-bond acceptors (Lipinski definition) is 5. The minimum Gasteiger partial charge on any atom is -0.472 e. The van der Waals surface area contributed by atoms with E-state index in [4.69, 9.17) is 4.74 Å². The Kier molecular flexibility index (Phi) is 11.3. The molecule has 0 aliphatic carbocycles. The Bertz CT molecular complexity index is 969. The van der Waals surface area contributed by atoms with Crippen molar-refractivity contribution in [2.75, 3.05) is 39.6 Å². The first kappa shape index (κ1) is 28.4. The highest BCUT2D eigenvalue weighted by molar-refractivity contribution is 7.14. The lowest BCUT2D eigenvalue weighted by Gasteiger charge is -2.23. The summed E-state index contributed by atoms with van der Waals surface area (Å²) in [4.78, 5) is 8.68. The maximum absolute atomic E-state index is 12.9. The third-order valence-corrected chi connectivity index (χ3v) is 4.75. The van der Waals surface area contributed by atoms with Gasteiger partial charge in [-0.05, 0) is 24.3 Å². The van der Waals surface area contributed by atoms with E-state index in [0.29, 0.717) is 29.0 Å². The summed E-state index contributed by atoms with van der Waals surface area (Å²) in [5, 5.41) is 5.27. The largest absolute Gasteiger partial charge is 0.472 e. The summed E-state index contributed by atoms with van der Waals surface area (Å²) in [6.45, 7) is 9.38. The number of quaternary nitrogens is 1. The number of nitrogens with one attached hydrogen (secondary N) is 1. The topological polar surface area (TPSA) is 47.0 Å². The van der Waals surface area contributed by atoms with Gasteiger partial charge in [0.1, 0.15) is 13.2 Å². The molecule has 2 aromatic heterocycles. The number of pyridine rings is 1. The van der Waals surface area contributed by atoms with E-state index >= 15 is 0 Å². The van der Waals surface area contributed by atoms with Crippen LogP contribution < -0.4 is 10.1 Å². The molecule has 0 atom stereocenters. The second kappa shape index (κ2) is 13.2. The monoisotopic (exact) mass is 483 g/mol. The molecular formula is C24H34F3N4OS+. The number of anilines is 2. The fourth-order valence-corrected chi connectivity index (χ4v) is 3.17. The number of thiazole rings is 1. The van der Waals surface area contributed by atoms with Gasteiger partial charge in [0.15, 0.2) is 5.13 Å². The van der Waals surface area contributed by atoms with Crippen LogP contribution in [0, 0.1) is 0 Å². The quantitative estimate of drug-likeness (QED) is 0.364. The van der Waals surface area contributed by atoms with Gasteiger partial charge in [-0.1, -0.05) is 33.8 Å². The second-order valence-corrected chi connectivity index (χ2v) is 8.34. The predicted octanol–water partition coefficient (Wildman–Crippen LogP) is 7.10. The van der Waals surface area contributed by atoms with E-state index in [1.807, 2.05) is 39.1 Å². The van der Waals surface area contributed by atoms with Crippen molar-refractivity contribution in [3.63, 3.8) is 0 Å². The normalized spacial score (nSPS) is 11.0. The minimum atomic E-state index is -4.38. The highest BCUT2D eigenvalue weighted by atomic mass is 32.1. The summed E-state index contributed by atoms with van der Waals surface area (Å²) in [7, 11) is 6.25. The molecule has 0 unspecified atom stereocenters. The van der Waals surface area contributed by atoms with Crippen LogP contribution in [-0.2, 0) is 6.18 Å². The maximum Gasteiger partial charge on any atom is 0.416 e. The van der Waals surface area contributed by atoms with Gasteiger partial charge in [0.25, 0.3) is 0 Å². The molecule has 0 saturated heterocycles. The molecule has 1 aromatic carbocycles. The van der Waals surface area contributed by atoms with Gasteiger partial charge in [0.2, 0.25) is 5.88 Å². The van der Waals surface area contributed by atoms with Gasteiger partial charge in [0, 0.05) is 28.9 Å². The molecule has 1 N–H and O–H groups in total. The summed E-state index contributed by atoms with van der Waals surface area (Å²) in [5.41, 5.74) is 1.15. The van der Waals surface area contributed by atoms with Crippen molar-refractivity contribution in [3.8, 4) is 17.1 Å². The Balaban J connectivity index is 0.00000129. The first-order valence-corrected chi connectivity index (χ1v) is 11.8. The number of aromatic nitrogens is 2. The molecule has 0 radical (unpaired) electrons. The van der Waals surface area contributed by atoms with Gasteiger partial charge in [-0.15, -0.1) is 11.3 Å². The lowest BCUT2D eigenvalue weighted by atomic mass is 10.2. The Morgan fingerprint density at radius 2 is 1.73 bits per heavy atom. The molecule has 5 nitrogen and oxygen atoms in total. The summed E-state index contributed by atoms with van der Waals surface area (Å²) in [6, 6.07) is 8.65. The molecule has 0 fully saturated rings. The fraction of sp³-hybridized carbons (Fsp3) is 0.417. The van der Waals surface area contributed by atoms with Crippen LogP contribution in [0.15, 0.2) is 48.0 Å². The molecular weight excluding hydrogens is 449 g/mol. The summed E-state index contributed by atoms with van der Waals surface area (Å²) in [6.07, 6.45) is -2.74. The molecule has 33 heavy (non-hydrogen) atoms. The SMILES string of the molecule is CC.CC.C[N+](C)(C)CCOc1cc(-c2csc(Nc3cccc(C(F)(F)F)c3)n2)ccn1. The van der Waals surface area contributed by atoms with E-state index in [1.165, 1.54) is 17.4 Å². The first-order chi connectivity index (χ1) is 15.6. The van der Waals surface area contributed by atoms with Crippen molar-refractivity contribution in [1.82, 2.24) is 9.97 Å². The van der Waals surface area contributed by atoms with Crippen molar-refractivity contribution >= 4 is 22.2 Å². The van der Waals surface area contributed by atoms with Crippen LogP contribution >= 0.6 is 11.3 Å². The molecule has 0 spiro atoms. The van der Waals surface area contributed by atoms with Gasteiger partial charge in [-0.3, -0.25) is 0 Å². The number of hydrogen-bond donors (Lipinski definition) is 1. The molecule has 2 heterocycles. The van der Waals surface area contributed by atoms with Crippen LogP contribution in [0.5, 0.6) is 5.88 Å². The number of alkyl halides is 3. The number of benzene rings is 1. The fourth-order valence-electron chi connectivity index (χ4n) is 2.43. The Hall–Kier alpha value is -2.65. The van der Waals surface area contributed by atoms with Crippen molar-refractivity contribution in [1.29, 1.82) is 0 Å². The third-order valence-electron chi connectivity index (χ3n) is 3.99. The van der Waals surface area contributed by atoms with Crippen LogP contribution in [0.25, 0.3) is 11.3 Å². The minimum absolute atomic E-state index is 0.333. The van der Waals surface area contributed by atoms with E-state index in [0.717, 1.165) is 28.7 Å². The molecule has 3 aromatic rings. The second-order valence-electron chi connectivity index (χ2n) is 7.49. The van der Waals surface area contributed by atoms with E-state index in [-0.39, 0.29) is 0 Å². The van der Waals surface area contributed by atoms with E-state index in [1.54, 1.807) is 18.3 Å². The number of nitrogens with zero attached hydrogens (tertiary/aromatic N) is 3. The smallest absolute Gasteiger partial charge is 0.416 e. The average Bonchev–Trinajstić information content (AvgIpc) is 3.24. The lowest BCUT2D eigenvalue weighted by molar-refractivity contribution is -0.870. The Morgan fingerprint density at radius 1 is 1.03 bits per heavy atom. The van der Waals surface area contributed by atoms with Crippen LogP contribution in [-0.4, -0.2) is 48.7 Å². The van der Waals surface area contributed by atoms with Gasteiger partial charge in [-0.25, -0.2) is 9.97 Å². The standard InChI is InChI=1S/C20H22F3N4OS.2C2H6/c1-27(2,3)9-10-28-18-11-14(7-8-24-18)17-13-29-19(26-17)25-16-6-4-5-15(12-16)20(21,22)23;2*1-2/h4-8,11-13H,9-10H2,1-3H3,(H,25,26);2*1-2H3/q+1;;. The zero-order chi connectivity index (χ0) is 25.1. The molecule has 0 saturated carbocycles. The van der Waals surface area contributed by atoms with Crippen molar-refractivity contribution < 1.29 is 22.4 Å². The summed E-state index contributed by atoms with van der Waals surface area (Å²) < 4.78 is 45.1. The van der Waals surface area contributed by atoms with E-state index in [2.05, 4.69) is 36.4 Å². The Morgan fingerprint density at radius 3 is 2.36 bits per heavy atom. The average molecular weight is 484 g/mol. The molecule has 3 rings (SSSR count). The van der Waals surface area contributed by atoms with E-state index < -0.39 is 11.7 Å². The number of likely N-dealkylation sites (N-methyl/N-ethyl adjacent to an activating group) is 1. The predicted molar refractivity (Wildman–Crippen MR) is 131 cm³/mol. The highest BCUT2D eigenvalue weighted by Crippen LogP contribution is 2.33. The highest BCUT2D eigenvalue weighted by Gasteiger charge is 2.30. The van der Waals surface area contributed by atoms with Crippen molar-refractivity contribution in [2.45, 2.75) is 33.9 Å². The van der Waals surface area contributed by atoms with E-state index in [9.17, 15) is 13.2 Å². The van der Waals surface area contributed by atoms with Crippen molar-refractivity contribution in [2.24, 2.45) is 0 Å². The Labute approximate surface area is 198 Å². The third kappa shape index (κ3) is 9.79. The zero-order valence-corrected chi connectivity index (χ0v) is 21.1. The number of ether oxygens (including phenoxy) is 1. The lowest BCUT2D eigenvalue weighted by Crippen LogP contribution is -2.38. The molecule has 182 valence electrons. The first-order valence-electron chi connectivity index (χ1n) is 10.9. The summed E-state index contributed by atoms with van der Waals surface area (Å²) in [5.74, 6) is 0.510. The molecule has 0 amide bonds. The molecule has 0 aliphatic heterocycles. The molecule has 0 bridgehead atoms.